The molecule has 1 aromatic heterocycles. The highest BCUT2D eigenvalue weighted by molar-refractivity contribution is 5.23. The van der Waals surface area contributed by atoms with Crippen LogP contribution in [0.2, 0.25) is 0 Å². The zero-order chi connectivity index (χ0) is 10.6. The van der Waals surface area contributed by atoms with E-state index in [9.17, 15) is 0 Å². The van der Waals surface area contributed by atoms with E-state index < -0.39 is 0 Å². The van der Waals surface area contributed by atoms with E-state index in [1.807, 2.05) is 6.07 Å². The van der Waals surface area contributed by atoms with Gasteiger partial charge in [-0.1, -0.05) is 19.1 Å². The summed E-state index contributed by atoms with van der Waals surface area (Å²) in [5.74, 6) is 0.471. The van der Waals surface area contributed by atoms with Gasteiger partial charge in [-0.2, -0.15) is 5.26 Å². The summed E-state index contributed by atoms with van der Waals surface area (Å²) in [5.41, 5.74) is 1.11. The van der Waals surface area contributed by atoms with Gasteiger partial charge in [0, 0.05) is 13.7 Å². The van der Waals surface area contributed by atoms with Crippen molar-refractivity contribution in [3.63, 3.8) is 0 Å². The number of aromatic nitrogens is 3. The molecular formula is C9H14N4O. The van der Waals surface area contributed by atoms with Crippen LogP contribution >= 0.6 is 0 Å². The molecule has 0 aliphatic heterocycles. The Labute approximate surface area is 83.3 Å². The van der Waals surface area contributed by atoms with Crippen LogP contribution in [0.15, 0.2) is 0 Å². The minimum absolute atomic E-state index is 0.354. The lowest BCUT2D eigenvalue weighted by atomic mass is 10.2. The molecule has 0 saturated carbocycles. The first-order valence-electron chi connectivity index (χ1n) is 4.50. The van der Waals surface area contributed by atoms with Crippen molar-refractivity contribution >= 4 is 0 Å². The fraction of sp³-hybridized carbons (Fsp3) is 0.667. The maximum atomic E-state index is 8.77. The standard InChI is InChI=1S/C9H14N4O/c1-7(2)5-13-9(6-14-3)8(4-10)11-12-13/h7H,5-6H2,1-3H3. The van der Waals surface area contributed by atoms with Crippen LogP contribution in [0.5, 0.6) is 0 Å². The van der Waals surface area contributed by atoms with Crippen LogP contribution in [0.1, 0.15) is 25.2 Å². The monoisotopic (exact) mass is 194 g/mol. The molecule has 14 heavy (non-hydrogen) atoms. The Bertz CT molecular complexity index is 337. The number of ether oxygens (including phenoxy) is 1. The molecule has 1 rings (SSSR count). The quantitative estimate of drug-likeness (QED) is 0.716. The van der Waals surface area contributed by atoms with E-state index in [0.29, 0.717) is 18.2 Å². The van der Waals surface area contributed by atoms with E-state index in [1.54, 1.807) is 11.8 Å². The second-order valence-electron chi connectivity index (χ2n) is 3.51. The maximum Gasteiger partial charge on any atom is 0.188 e. The predicted molar refractivity (Wildman–Crippen MR) is 50.3 cm³/mol. The molecule has 0 amide bonds. The van der Waals surface area contributed by atoms with E-state index >= 15 is 0 Å². The first-order valence-corrected chi connectivity index (χ1v) is 4.50. The number of nitriles is 1. The number of nitrogens with zero attached hydrogens (tertiary/aromatic N) is 4. The zero-order valence-corrected chi connectivity index (χ0v) is 8.69. The maximum absolute atomic E-state index is 8.77. The van der Waals surface area contributed by atoms with Gasteiger partial charge in [0.2, 0.25) is 0 Å². The first kappa shape index (κ1) is 10.7. The number of rotatable bonds is 4. The van der Waals surface area contributed by atoms with E-state index in [4.69, 9.17) is 10.00 Å². The van der Waals surface area contributed by atoms with Crippen molar-refractivity contribution in [3.8, 4) is 6.07 Å². The molecule has 0 radical (unpaired) electrons. The van der Waals surface area contributed by atoms with Crippen molar-refractivity contribution in [1.29, 1.82) is 5.26 Å². The number of hydrogen-bond donors (Lipinski definition) is 0. The molecule has 0 bridgehead atoms. The minimum atomic E-state index is 0.354. The molecule has 0 atom stereocenters. The first-order chi connectivity index (χ1) is 6.69. The molecule has 0 fully saturated rings. The van der Waals surface area contributed by atoms with Gasteiger partial charge in [0.15, 0.2) is 5.69 Å². The summed E-state index contributed by atoms with van der Waals surface area (Å²) in [5, 5.41) is 16.5. The normalized spacial score (nSPS) is 10.5. The lowest BCUT2D eigenvalue weighted by Crippen LogP contribution is -2.10. The van der Waals surface area contributed by atoms with Gasteiger partial charge in [0.05, 0.1) is 6.61 Å². The van der Waals surface area contributed by atoms with Gasteiger partial charge >= 0.3 is 0 Å². The summed E-state index contributed by atoms with van der Waals surface area (Å²) in [6, 6.07) is 2.00. The molecule has 0 spiro atoms. The second-order valence-corrected chi connectivity index (χ2v) is 3.51. The largest absolute Gasteiger partial charge is 0.378 e. The van der Waals surface area contributed by atoms with E-state index in [0.717, 1.165) is 12.2 Å². The highest BCUT2D eigenvalue weighted by Crippen LogP contribution is 2.08. The molecule has 0 saturated heterocycles. The van der Waals surface area contributed by atoms with E-state index in [1.165, 1.54) is 0 Å². The van der Waals surface area contributed by atoms with Crippen LogP contribution < -0.4 is 0 Å². The lowest BCUT2D eigenvalue weighted by molar-refractivity contribution is 0.175. The van der Waals surface area contributed by atoms with Crippen LogP contribution in [0.25, 0.3) is 0 Å². The minimum Gasteiger partial charge on any atom is -0.378 e. The SMILES string of the molecule is COCc1c(C#N)nnn1CC(C)C. The third-order valence-electron chi connectivity index (χ3n) is 1.76. The van der Waals surface area contributed by atoms with Gasteiger partial charge in [0.25, 0.3) is 0 Å². The zero-order valence-electron chi connectivity index (χ0n) is 8.69. The number of methoxy groups -OCH3 is 1. The van der Waals surface area contributed by atoms with Crippen molar-refractivity contribution in [2.24, 2.45) is 5.92 Å². The third-order valence-corrected chi connectivity index (χ3v) is 1.76. The average Bonchev–Trinajstić information content (AvgIpc) is 2.48. The molecule has 0 aliphatic carbocycles. The summed E-state index contributed by atoms with van der Waals surface area (Å²) in [6.07, 6.45) is 0. The third kappa shape index (κ3) is 2.30. The van der Waals surface area contributed by atoms with Crippen LogP contribution in [-0.4, -0.2) is 22.1 Å². The summed E-state index contributed by atoms with van der Waals surface area (Å²) in [4.78, 5) is 0. The summed E-state index contributed by atoms with van der Waals surface area (Å²) >= 11 is 0. The molecule has 0 N–H and O–H groups in total. The molecule has 0 unspecified atom stereocenters. The van der Waals surface area contributed by atoms with Crippen molar-refractivity contribution in [2.75, 3.05) is 7.11 Å². The fourth-order valence-corrected chi connectivity index (χ4v) is 1.19. The Balaban J connectivity index is 2.93. The average molecular weight is 194 g/mol. The van der Waals surface area contributed by atoms with E-state index in [-0.39, 0.29) is 0 Å². The molecule has 76 valence electrons. The van der Waals surface area contributed by atoms with Crippen molar-refractivity contribution in [2.45, 2.75) is 27.0 Å². The smallest absolute Gasteiger partial charge is 0.188 e. The molecule has 1 aromatic rings. The summed E-state index contributed by atoms with van der Waals surface area (Å²) < 4.78 is 6.73. The van der Waals surface area contributed by atoms with Gasteiger partial charge in [-0.15, -0.1) is 5.10 Å². The van der Waals surface area contributed by atoms with Crippen molar-refractivity contribution in [1.82, 2.24) is 15.0 Å². The van der Waals surface area contributed by atoms with Gasteiger partial charge in [-0.3, -0.25) is 0 Å². The Hall–Kier alpha value is -1.41. The molecule has 0 aliphatic rings. The predicted octanol–water partition coefficient (Wildman–Crippen LogP) is 0.952. The van der Waals surface area contributed by atoms with Crippen molar-refractivity contribution in [3.05, 3.63) is 11.4 Å². The fourth-order valence-electron chi connectivity index (χ4n) is 1.19. The van der Waals surface area contributed by atoms with Gasteiger partial charge in [0.1, 0.15) is 11.8 Å². The molecule has 5 nitrogen and oxygen atoms in total. The topological polar surface area (TPSA) is 63.7 Å². The summed E-state index contributed by atoms with van der Waals surface area (Å²) in [6.45, 7) is 5.31. The molecule has 5 heteroatoms. The lowest BCUT2D eigenvalue weighted by Gasteiger charge is -2.07. The Morgan fingerprint density at radius 3 is 2.79 bits per heavy atom. The van der Waals surface area contributed by atoms with Crippen molar-refractivity contribution < 1.29 is 4.74 Å². The molecule has 0 aromatic carbocycles. The van der Waals surface area contributed by atoms with Gasteiger partial charge in [-0.25, -0.2) is 4.68 Å². The molecular weight excluding hydrogens is 180 g/mol. The van der Waals surface area contributed by atoms with Crippen LogP contribution in [0.3, 0.4) is 0 Å². The molecule has 1 heterocycles. The highest BCUT2D eigenvalue weighted by atomic mass is 16.5. The van der Waals surface area contributed by atoms with Crippen LogP contribution in [0.4, 0.5) is 0 Å². The Kier molecular flexibility index (Phi) is 3.60. The Morgan fingerprint density at radius 2 is 2.29 bits per heavy atom. The van der Waals surface area contributed by atoms with Gasteiger partial charge < -0.3 is 4.74 Å². The van der Waals surface area contributed by atoms with Gasteiger partial charge in [-0.05, 0) is 5.92 Å². The van der Waals surface area contributed by atoms with Crippen LogP contribution in [0, 0.1) is 17.2 Å². The Morgan fingerprint density at radius 1 is 1.57 bits per heavy atom. The summed E-state index contributed by atoms with van der Waals surface area (Å²) in [7, 11) is 1.59. The van der Waals surface area contributed by atoms with E-state index in [2.05, 4.69) is 24.2 Å². The van der Waals surface area contributed by atoms with Crippen LogP contribution in [-0.2, 0) is 17.9 Å². The highest BCUT2D eigenvalue weighted by Gasteiger charge is 2.12. The number of hydrogen-bond acceptors (Lipinski definition) is 4. The second kappa shape index (κ2) is 4.72.